The molecule has 1 N–H and O–H groups in total. The van der Waals surface area contributed by atoms with Gasteiger partial charge in [-0.25, -0.2) is 0 Å². The molecule has 4 rings (SSSR count). The smallest absolute Gasteiger partial charge is 0.155 e. The summed E-state index contributed by atoms with van der Waals surface area (Å²) in [6, 6.07) is 22.2. The first-order valence-corrected chi connectivity index (χ1v) is 12.1. The van der Waals surface area contributed by atoms with Gasteiger partial charge < -0.3 is 14.5 Å². The van der Waals surface area contributed by atoms with Gasteiger partial charge >= 0.3 is 0 Å². The maximum absolute atomic E-state index is 10.0. The van der Waals surface area contributed by atoms with Gasteiger partial charge in [-0.15, -0.1) is 35.9 Å². The second kappa shape index (κ2) is 12.0. The number of allylic oxidation sites excluding steroid dienone is 2. The molecule has 2 aromatic heterocycles. The van der Waals surface area contributed by atoms with E-state index in [-0.39, 0.29) is 42.5 Å². The Hall–Kier alpha value is -3.01. The quantitative estimate of drug-likeness (QED) is 0.134. The van der Waals surface area contributed by atoms with Crippen molar-refractivity contribution in [1.82, 2.24) is 4.98 Å². The minimum absolute atomic E-state index is 0. The van der Waals surface area contributed by atoms with E-state index in [9.17, 15) is 4.79 Å². The van der Waals surface area contributed by atoms with E-state index in [2.05, 4.69) is 82.9 Å². The van der Waals surface area contributed by atoms with Crippen LogP contribution < -0.4 is 0 Å². The fourth-order valence-electron chi connectivity index (χ4n) is 3.72. The summed E-state index contributed by atoms with van der Waals surface area (Å²) in [6.07, 6.45) is 2.98. The van der Waals surface area contributed by atoms with Crippen LogP contribution in [0.2, 0.25) is 0 Å². The maximum Gasteiger partial charge on any atom is 0.155 e. The number of rotatable bonds is 3. The third-order valence-electron chi connectivity index (χ3n) is 5.75. The summed E-state index contributed by atoms with van der Waals surface area (Å²) in [6.45, 7) is 16.4. The van der Waals surface area contributed by atoms with Gasteiger partial charge in [-0.1, -0.05) is 53.7 Å². The van der Waals surface area contributed by atoms with Crippen molar-refractivity contribution in [2.45, 2.75) is 66.2 Å². The number of fused-ring (bicyclic) bond motifs is 1. The van der Waals surface area contributed by atoms with Crippen LogP contribution in [0.1, 0.15) is 66.5 Å². The Balaban J connectivity index is 0.000000532. The summed E-state index contributed by atoms with van der Waals surface area (Å²) in [4.78, 5) is 14.6. The van der Waals surface area contributed by atoms with Gasteiger partial charge in [0.2, 0.25) is 0 Å². The molecule has 0 fully saturated rings. The number of hydrogen-bond donors (Lipinski definition) is 1. The number of aliphatic hydroxyl groups excluding tert-OH is 1. The molecule has 2 aromatic carbocycles. The third-order valence-corrected chi connectivity index (χ3v) is 5.75. The number of carbonyl (C=O) groups is 1. The Morgan fingerprint density at radius 3 is 2.03 bits per heavy atom. The predicted molar refractivity (Wildman–Crippen MR) is 148 cm³/mol. The molecule has 197 valence electrons. The van der Waals surface area contributed by atoms with Crippen LogP contribution in [0.3, 0.4) is 0 Å². The number of carbonyl (C=O) groups excluding carboxylic acids is 1. The monoisotopic (exact) mass is 675 g/mol. The molecule has 0 saturated heterocycles. The van der Waals surface area contributed by atoms with Gasteiger partial charge in [0.1, 0.15) is 5.76 Å². The van der Waals surface area contributed by atoms with Gasteiger partial charge in [0.15, 0.2) is 11.4 Å². The Kier molecular flexibility index (Phi) is 9.82. The predicted octanol–water partition coefficient (Wildman–Crippen LogP) is 8.59. The van der Waals surface area contributed by atoms with Crippen molar-refractivity contribution < 1.29 is 34.4 Å². The van der Waals surface area contributed by atoms with Gasteiger partial charge in [-0.3, -0.25) is 4.79 Å². The van der Waals surface area contributed by atoms with E-state index in [1.165, 1.54) is 31.1 Å². The first kappa shape index (κ1) is 30.2. The van der Waals surface area contributed by atoms with E-state index in [1.54, 1.807) is 0 Å². The largest absolute Gasteiger partial charge is 0.512 e. The topological polar surface area (TPSA) is 63.3 Å². The van der Waals surface area contributed by atoms with Crippen LogP contribution in [0.4, 0.5) is 0 Å². The summed E-state index contributed by atoms with van der Waals surface area (Å²) in [5.74, 6) is 0.820. The molecular formula is C32H36IrNO3-. The van der Waals surface area contributed by atoms with Crippen LogP contribution >= 0.6 is 0 Å². The van der Waals surface area contributed by atoms with Crippen molar-refractivity contribution >= 4 is 16.8 Å². The molecule has 2 heterocycles. The number of aliphatic hydroxyl groups is 1. The van der Waals surface area contributed by atoms with Crippen LogP contribution in [-0.2, 0) is 35.7 Å². The molecule has 0 atom stereocenters. The molecule has 4 aromatic rings. The molecule has 0 aliphatic heterocycles. The van der Waals surface area contributed by atoms with Crippen LogP contribution in [0.5, 0.6) is 0 Å². The second-order valence-corrected chi connectivity index (χ2v) is 11.2. The molecule has 5 heteroatoms. The SMILES string of the molecule is CC(=O)/C=C(/C)O.CC(C)(C)c1cc(-c2cc3cc(-c4[c-]cccc4)ncc3o2)cc(C(C)(C)C)c1.[Ir]. The summed E-state index contributed by atoms with van der Waals surface area (Å²) in [5, 5.41) is 9.42. The van der Waals surface area contributed by atoms with Crippen LogP contribution in [0, 0.1) is 6.07 Å². The Bertz CT molecular complexity index is 1350. The molecule has 0 spiro atoms. The van der Waals surface area contributed by atoms with Gasteiger partial charge in [0.25, 0.3) is 0 Å². The van der Waals surface area contributed by atoms with Gasteiger partial charge in [-0.05, 0) is 59.7 Å². The molecule has 0 saturated carbocycles. The fourth-order valence-corrected chi connectivity index (χ4v) is 3.72. The number of pyridine rings is 1. The first-order chi connectivity index (χ1) is 16.7. The molecule has 0 amide bonds. The van der Waals surface area contributed by atoms with E-state index in [0.717, 1.165) is 33.6 Å². The van der Waals surface area contributed by atoms with Crippen LogP contribution in [0.25, 0.3) is 33.6 Å². The Morgan fingerprint density at radius 2 is 1.57 bits per heavy atom. The summed E-state index contributed by atoms with van der Waals surface area (Å²) < 4.78 is 6.21. The van der Waals surface area contributed by atoms with Crippen LogP contribution in [-0.4, -0.2) is 15.9 Å². The number of nitrogens with zero attached hydrogens (tertiary/aromatic N) is 1. The van der Waals surface area contributed by atoms with Crippen molar-refractivity contribution in [3.05, 3.63) is 89.8 Å². The van der Waals surface area contributed by atoms with E-state index < -0.39 is 0 Å². The van der Waals surface area contributed by atoms with Gasteiger partial charge in [0, 0.05) is 37.1 Å². The molecule has 0 unspecified atom stereocenters. The number of furan rings is 1. The normalized spacial score (nSPS) is 11.9. The van der Waals surface area contributed by atoms with E-state index >= 15 is 0 Å². The maximum atomic E-state index is 10.0. The summed E-state index contributed by atoms with van der Waals surface area (Å²) in [7, 11) is 0. The summed E-state index contributed by atoms with van der Waals surface area (Å²) in [5.41, 5.74) is 6.59. The zero-order valence-corrected chi connectivity index (χ0v) is 25.3. The number of ketones is 1. The van der Waals surface area contributed by atoms with Crippen molar-refractivity contribution in [3.63, 3.8) is 0 Å². The zero-order chi connectivity index (χ0) is 26.7. The fraction of sp³-hybridized carbons (Fsp3) is 0.312. The minimum atomic E-state index is -0.125. The van der Waals surface area contributed by atoms with Crippen molar-refractivity contribution in [1.29, 1.82) is 0 Å². The molecule has 0 aliphatic rings. The van der Waals surface area contributed by atoms with Crippen molar-refractivity contribution in [2.24, 2.45) is 0 Å². The minimum Gasteiger partial charge on any atom is -0.512 e. The summed E-state index contributed by atoms with van der Waals surface area (Å²) >= 11 is 0. The van der Waals surface area contributed by atoms with Crippen LogP contribution in [0.15, 0.2) is 77.0 Å². The Labute approximate surface area is 234 Å². The third kappa shape index (κ3) is 8.24. The molecule has 1 radical (unpaired) electrons. The second-order valence-electron chi connectivity index (χ2n) is 11.2. The molecule has 0 bridgehead atoms. The standard InChI is InChI=1S/C27H28NO.C5H8O2.Ir/c1-26(2,3)21-12-19(13-22(16-21)27(4,5)6)24-15-20-14-23(28-17-25(20)29-24)18-10-8-7-9-11-18;1-4(6)3-5(2)7;/h7-10,12-17H,1-6H3;3,6H,1-2H3;/q-1;;/b;4-3-;. The van der Waals surface area contributed by atoms with Gasteiger partial charge in [-0.2, -0.15) is 0 Å². The Morgan fingerprint density at radius 1 is 0.946 bits per heavy atom. The zero-order valence-electron chi connectivity index (χ0n) is 22.9. The molecule has 37 heavy (non-hydrogen) atoms. The molecule has 4 nitrogen and oxygen atoms in total. The molecule has 0 aliphatic carbocycles. The van der Waals surface area contributed by atoms with Crippen molar-refractivity contribution in [3.8, 4) is 22.6 Å². The first-order valence-electron chi connectivity index (χ1n) is 12.1. The van der Waals surface area contributed by atoms with E-state index in [4.69, 9.17) is 9.52 Å². The van der Waals surface area contributed by atoms with E-state index in [0.29, 0.717) is 0 Å². The number of hydrogen-bond acceptors (Lipinski definition) is 4. The van der Waals surface area contributed by atoms with E-state index in [1.807, 2.05) is 30.5 Å². The number of benzene rings is 2. The van der Waals surface area contributed by atoms with Gasteiger partial charge in [0.05, 0.1) is 12.0 Å². The number of aromatic nitrogens is 1. The average Bonchev–Trinajstić information content (AvgIpc) is 3.21. The average molecular weight is 675 g/mol. The molecular weight excluding hydrogens is 639 g/mol. The van der Waals surface area contributed by atoms with Crippen molar-refractivity contribution in [2.75, 3.05) is 0 Å².